The Hall–Kier alpha value is -0.880. The minimum absolute atomic E-state index is 0.732. The van der Waals surface area contributed by atoms with Crippen LogP contribution in [0.25, 0.3) is 0 Å². The van der Waals surface area contributed by atoms with Crippen molar-refractivity contribution in [2.75, 3.05) is 45.9 Å². The standard InChI is InChI=1S/C16H24ClN3OS/c17-15-4-2-14(3-5-15)6-8-19-16(22)18-7-1-9-20-10-12-21-13-11-20/h2-5H,1,6-13H2,(H2,18,19,22). The van der Waals surface area contributed by atoms with Crippen molar-refractivity contribution in [1.29, 1.82) is 0 Å². The van der Waals surface area contributed by atoms with E-state index >= 15 is 0 Å². The average Bonchev–Trinajstić information content (AvgIpc) is 2.54. The number of thiocarbonyl (C=S) groups is 1. The van der Waals surface area contributed by atoms with Crippen molar-refractivity contribution in [1.82, 2.24) is 15.5 Å². The maximum absolute atomic E-state index is 5.87. The van der Waals surface area contributed by atoms with E-state index in [0.717, 1.165) is 68.9 Å². The highest BCUT2D eigenvalue weighted by Crippen LogP contribution is 2.09. The molecular weight excluding hydrogens is 318 g/mol. The molecule has 0 radical (unpaired) electrons. The molecule has 0 atom stereocenters. The van der Waals surface area contributed by atoms with Gasteiger partial charge in [0.05, 0.1) is 13.2 Å². The third kappa shape index (κ3) is 6.92. The Morgan fingerprint density at radius 3 is 2.55 bits per heavy atom. The minimum atomic E-state index is 0.732. The molecule has 122 valence electrons. The van der Waals surface area contributed by atoms with Gasteiger partial charge in [0, 0.05) is 31.2 Å². The molecule has 0 aromatic heterocycles. The summed E-state index contributed by atoms with van der Waals surface area (Å²) < 4.78 is 5.34. The van der Waals surface area contributed by atoms with Gasteiger partial charge in [0.15, 0.2) is 5.11 Å². The Morgan fingerprint density at radius 1 is 1.14 bits per heavy atom. The molecule has 4 nitrogen and oxygen atoms in total. The normalized spacial score (nSPS) is 15.5. The lowest BCUT2D eigenvalue weighted by Gasteiger charge is -2.26. The van der Waals surface area contributed by atoms with Gasteiger partial charge in [0.25, 0.3) is 0 Å². The fraction of sp³-hybridized carbons (Fsp3) is 0.562. The molecule has 1 saturated heterocycles. The molecular formula is C16H24ClN3OS. The Balaban J connectivity index is 1.49. The molecule has 1 aromatic rings. The highest BCUT2D eigenvalue weighted by Gasteiger charge is 2.09. The quantitative estimate of drug-likeness (QED) is 0.586. The van der Waals surface area contributed by atoms with Crippen LogP contribution in [0.15, 0.2) is 24.3 Å². The molecule has 0 saturated carbocycles. The molecule has 6 heteroatoms. The molecule has 0 spiro atoms. The molecule has 0 bridgehead atoms. The maximum atomic E-state index is 5.87. The number of hydrogen-bond donors (Lipinski definition) is 2. The number of nitrogens with zero attached hydrogens (tertiary/aromatic N) is 1. The zero-order valence-electron chi connectivity index (χ0n) is 12.8. The molecule has 0 aliphatic carbocycles. The zero-order valence-corrected chi connectivity index (χ0v) is 14.4. The first-order chi connectivity index (χ1) is 10.7. The highest BCUT2D eigenvalue weighted by molar-refractivity contribution is 7.80. The van der Waals surface area contributed by atoms with Crippen molar-refractivity contribution in [2.45, 2.75) is 12.8 Å². The summed E-state index contributed by atoms with van der Waals surface area (Å²) in [6, 6.07) is 7.92. The smallest absolute Gasteiger partial charge is 0.166 e. The first-order valence-electron chi connectivity index (χ1n) is 7.80. The van der Waals surface area contributed by atoms with E-state index in [-0.39, 0.29) is 0 Å². The third-order valence-corrected chi connectivity index (χ3v) is 4.19. The summed E-state index contributed by atoms with van der Waals surface area (Å²) in [7, 11) is 0. The second kappa shape index (κ2) is 10.0. The van der Waals surface area contributed by atoms with Crippen LogP contribution in [0.3, 0.4) is 0 Å². The summed E-state index contributed by atoms with van der Waals surface area (Å²) in [4.78, 5) is 2.43. The van der Waals surface area contributed by atoms with Crippen molar-refractivity contribution in [3.8, 4) is 0 Å². The van der Waals surface area contributed by atoms with Crippen LogP contribution in [0.2, 0.25) is 5.02 Å². The van der Waals surface area contributed by atoms with Gasteiger partial charge in [0.1, 0.15) is 0 Å². The molecule has 1 heterocycles. The number of nitrogens with one attached hydrogen (secondary N) is 2. The summed E-state index contributed by atoms with van der Waals surface area (Å²) in [6.07, 6.45) is 2.03. The predicted molar refractivity (Wildman–Crippen MR) is 95.6 cm³/mol. The number of halogens is 1. The van der Waals surface area contributed by atoms with Crippen molar-refractivity contribution in [2.24, 2.45) is 0 Å². The Labute approximate surface area is 143 Å². The third-order valence-electron chi connectivity index (χ3n) is 3.65. The average molecular weight is 342 g/mol. The molecule has 2 N–H and O–H groups in total. The number of benzene rings is 1. The molecule has 1 aliphatic heterocycles. The number of morpholine rings is 1. The van der Waals surface area contributed by atoms with Gasteiger partial charge in [-0.2, -0.15) is 0 Å². The molecule has 22 heavy (non-hydrogen) atoms. The lowest BCUT2D eigenvalue weighted by atomic mass is 10.1. The van der Waals surface area contributed by atoms with Crippen LogP contribution >= 0.6 is 23.8 Å². The zero-order chi connectivity index (χ0) is 15.6. The fourth-order valence-electron chi connectivity index (χ4n) is 2.36. The van der Waals surface area contributed by atoms with Gasteiger partial charge in [-0.15, -0.1) is 0 Å². The first-order valence-corrected chi connectivity index (χ1v) is 8.59. The van der Waals surface area contributed by atoms with Crippen LogP contribution < -0.4 is 10.6 Å². The van der Waals surface area contributed by atoms with Gasteiger partial charge in [-0.3, -0.25) is 4.90 Å². The molecule has 1 fully saturated rings. The summed E-state index contributed by atoms with van der Waals surface area (Å²) in [5, 5.41) is 8.00. The van der Waals surface area contributed by atoms with E-state index in [0.29, 0.717) is 0 Å². The van der Waals surface area contributed by atoms with Crippen LogP contribution in [0, 0.1) is 0 Å². The van der Waals surface area contributed by atoms with E-state index < -0.39 is 0 Å². The van der Waals surface area contributed by atoms with Crippen molar-refractivity contribution in [3.05, 3.63) is 34.9 Å². The van der Waals surface area contributed by atoms with Gasteiger partial charge in [-0.1, -0.05) is 23.7 Å². The summed E-state index contributed by atoms with van der Waals surface area (Å²) in [5.41, 5.74) is 1.26. The lowest BCUT2D eigenvalue weighted by Crippen LogP contribution is -2.40. The lowest BCUT2D eigenvalue weighted by molar-refractivity contribution is 0.0376. The Kier molecular flexibility index (Phi) is 7.94. The van der Waals surface area contributed by atoms with Gasteiger partial charge in [-0.05, 0) is 49.3 Å². The predicted octanol–water partition coefficient (Wildman–Crippen LogP) is 2.07. The van der Waals surface area contributed by atoms with E-state index in [2.05, 4.69) is 15.5 Å². The van der Waals surface area contributed by atoms with Crippen LogP contribution in [0.5, 0.6) is 0 Å². The van der Waals surface area contributed by atoms with Crippen molar-refractivity contribution < 1.29 is 4.74 Å². The minimum Gasteiger partial charge on any atom is -0.379 e. The van der Waals surface area contributed by atoms with Crippen molar-refractivity contribution in [3.63, 3.8) is 0 Å². The van der Waals surface area contributed by atoms with Crippen LogP contribution in [-0.2, 0) is 11.2 Å². The second-order valence-corrected chi connectivity index (χ2v) is 6.21. The molecule has 0 unspecified atom stereocenters. The Morgan fingerprint density at radius 2 is 1.82 bits per heavy atom. The SMILES string of the molecule is S=C(NCCCN1CCOCC1)NCCc1ccc(Cl)cc1. The first kappa shape index (κ1) is 17.5. The largest absolute Gasteiger partial charge is 0.379 e. The molecule has 0 amide bonds. The van der Waals surface area contributed by atoms with E-state index in [1.165, 1.54) is 5.56 Å². The van der Waals surface area contributed by atoms with Gasteiger partial charge in [-0.25, -0.2) is 0 Å². The topological polar surface area (TPSA) is 36.5 Å². The highest BCUT2D eigenvalue weighted by atomic mass is 35.5. The van der Waals surface area contributed by atoms with E-state index in [9.17, 15) is 0 Å². The van der Waals surface area contributed by atoms with E-state index in [1.807, 2.05) is 24.3 Å². The van der Waals surface area contributed by atoms with Gasteiger partial charge < -0.3 is 15.4 Å². The van der Waals surface area contributed by atoms with Crippen molar-refractivity contribution >= 4 is 28.9 Å². The van der Waals surface area contributed by atoms with Crippen LogP contribution in [-0.4, -0.2) is 55.9 Å². The molecule has 1 aliphatic rings. The Bertz CT molecular complexity index is 449. The number of ether oxygens (including phenoxy) is 1. The van der Waals surface area contributed by atoms with Crippen LogP contribution in [0.4, 0.5) is 0 Å². The fourth-order valence-corrected chi connectivity index (χ4v) is 2.69. The monoisotopic (exact) mass is 341 g/mol. The molecule has 1 aromatic carbocycles. The van der Waals surface area contributed by atoms with Gasteiger partial charge in [0.2, 0.25) is 0 Å². The van der Waals surface area contributed by atoms with E-state index in [4.69, 9.17) is 28.6 Å². The van der Waals surface area contributed by atoms with Gasteiger partial charge >= 0.3 is 0 Å². The molecule has 2 rings (SSSR count). The summed E-state index contributed by atoms with van der Waals surface area (Å²) in [6.45, 7) is 6.65. The summed E-state index contributed by atoms with van der Waals surface area (Å²) in [5.74, 6) is 0. The summed E-state index contributed by atoms with van der Waals surface area (Å²) >= 11 is 11.1. The second-order valence-electron chi connectivity index (χ2n) is 5.37. The number of rotatable bonds is 7. The maximum Gasteiger partial charge on any atom is 0.166 e. The van der Waals surface area contributed by atoms with E-state index in [1.54, 1.807) is 0 Å². The number of hydrogen-bond acceptors (Lipinski definition) is 3. The van der Waals surface area contributed by atoms with Crippen LogP contribution in [0.1, 0.15) is 12.0 Å².